The van der Waals surface area contributed by atoms with Gasteiger partial charge in [0.05, 0.1) is 6.10 Å². The second kappa shape index (κ2) is 6.47. The molecule has 0 aliphatic carbocycles. The summed E-state index contributed by atoms with van der Waals surface area (Å²) in [5.74, 6) is 0. The van der Waals surface area contributed by atoms with Crippen LogP contribution in [0.25, 0.3) is 0 Å². The number of hydrogen-bond donors (Lipinski definition) is 6. The standard InChI is InChI=1S/C14H22N2O6/c1-6-4-9(10(16(20)21)5-7(6)2)15-14-13(19)12(18)11(17)8(3)22-14/h4-5,8,11-20H,1-3H3. The van der Waals surface area contributed by atoms with Crippen LogP contribution in [0.3, 0.4) is 0 Å². The molecule has 2 rings (SSSR count). The summed E-state index contributed by atoms with van der Waals surface area (Å²) in [6.07, 6.45) is -5.67. The smallest absolute Gasteiger partial charge is 0.187 e. The van der Waals surface area contributed by atoms with Gasteiger partial charge in [-0.3, -0.25) is 0 Å². The zero-order valence-corrected chi connectivity index (χ0v) is 12.6. The van der Waals surface area contributed by atoms with Crippen molar-refractivity contribution in [1.29, 1.82) is 0 Å². The van der Waals surface area contributed by atoms with E-state index in [1.54, 1.807) is 19.9 Å². The van der Waals surface area contributed by atoms with Crippen molar-refractivity contribution in [3.63, 3.8) is 0 Å². The fraction of sp³-hybridized carbons (Fsp3) is 0.571. The molecule has 6 unspecified atom stereocenters. The van der Waals surface area contributed by atoms with Gasteiger partial charge in [0.2, 0.25) is 0 Å². The van der Waals surface area contributed by atoms with Crippen LogP contribution in [-0.2, 0) is 4.74 Å². The number of benzene rings is 1. The second-order valence-electron chi connectivity index (χ2n) is 5.67. The second-order valence-corrected chi connectivity index (χ2v) is 5.67. The number of rotatable bonds is 3. The van der Waals surface area contributed by atoms with Crippen LogP contribution < -0.4 is 10.5 Å². The van der Waals surface area contributed by atoms with Crippen LogP contribution in [0, 0.1) is 19.1 Å². The zero-order chi connectivity index (χ0) is 16.6. The summed E-state index contributed by atoms with van der Waals surface area (Å²) in [5.41, 5.74) is 2.05. The lowest BCUT2D eigenvalue weighted by Gasteiger charge is -2.40. The molecular weight excluding hydrogens is 292 g/mol. The van der Waals surface area contributed by atoms with E-state index in [0.29, 0.717) is 0 Å². The quantitative estimate of drug-likeness (QED) is 0.392. The predicted octanol–water partition coefficient (Wildman–Crippen LogP) is -1.05. The Morgan fingerprint density at radius 3 is 2.27 bits per heavy atom. The lowest BCUT2D eigenvalue weighted by atomic mass is 9.98. The van der Waals surface area contributed by atoms with E-state index in [9.17, 15) is 25.7 Å². The van der Waals surface area contributed by atoms with Gasteiger partial charge in [-0.15, -0.1) is 0 Å². The molecule has 0 amide bonds. The van der Waals surface area contributed by atoms with Crippen molar-refractivity contribution in [3.8, 4) is 0 Å². The fourth-order valence-electron chi connectivity index (χ4n) is 2.44. The summed E-state index contributed by atoms with van der Waals surface area (Å²) >= 11 is 0. The number of anilines is 1. The minimum absolute atomic E-state index is 0.0483. The van der Waals surface area contributed by atoms with Crippen LogP contribution >= 0.6 is 0 Å². The molecule has 0 spiro atoms. The molecule has 1 aliphatic rings. The summed E-state index contributed by atoms with van der Waals surface area (Å²) in [4.78, 5) is 0. The van der Waals surface area contributed by atoms with Crippen molar-refractivity contribution in [2.75, 3.05) is 5.32 Å². The molecule has 1 aliphatic heterocycles. The van der Waals surface area contributed by atoms with E-state index in [1.165, 1.54) is 6.07 Å². The average molecular weight is 314 g/mol. The molecule has 0 saturated carbocycles. The van der Waals surface area contributed by atoms with Crippen molar-refractivity contribution >= 4 is 11.4 Å². The summed E-state index contributed by atoms with van der Waals surface area (Å²) in [5, 5.41) is 51.8. The molecular formula is C14H22N2O6. The van der Waals surface area contributed by atoms with Gasteiger partial charge in [0.15, 0.2) is 11.9 Å². The highest BCUT2D eigenvalue weighted by molar-refractivity contribution is 5.64. The van der Waals surface area contributed by atoms with Crippen LogP contribution in [-0.4, -0.2) is 51.2 Å². The number of aliphatic hydroxyl groups excluding tert-OH is 3. The Bertz CT molecular complexity index is 538. The molecule has 0 aromatic heterocycles. The van der Waals surface area contributed by atoms with E-state index < -0.39 is 35.9 Å². The first kappa shape index (κ1) is 17.1. The third-order valence-corrected chi connectivity index (χ3v) is 4.01. The summed E-state index contributed by atoms with van der Waals surface area (Å²) in [6, 6.07) is 3.18. The molecule has 22 heavy (non-hydrogen) atoms. The maximum absolute atomic E-state index is 11.4. The van der Waals surface area contributed by atoms with Crippen LogP contribution in [0.15, 0.2) is 12.1 Å². The van der Waals surface area contributed by atoms with Crippen molar-refractivity contribution < 1.29 is 30.5 Å². The van der Waals surface area contributed by atoms with Crippen LogP contribution in [0.5, 0.6) is 0 Å². The van der Waals surface area contributed by atoms with E-state index >= 15 is 0 Å². The summed E-state index contributed by atoms with van der Waals surface area (Å²) in [7, 11) is 0. The lowest BCUT2D eigenvalue weighted by Crippen LogP contribution is -2.99. The maximum atomic E-state index is 11.4. The van der Waals surface area contributed by atoms with E-state index in [-0.39, 0.29) is 11.4 Å². The van der Waals surface area contributed by atoms with Gasteiger partial charge in [0.1, 0.15) is 24.0 Å². The lowest BCUT2D eigenvalue weighted by molar-refractivity contribution is -0.990. The first-order chi connectivity index (χ1) is 10.2. The number of ether oxygens (including phenoxy) is 1. The maximum Gasteiger partial charge on any atom is 0.187 e. The monoisotopic (exact) mass is 314 g/mol. The molecule has 0 bridgehead atoms. The fourth-order valence-corrected chi connectivity index (χ4v) is 2.44. The summed E-state index contributed by atoms with van der Waals surface area (Å²) in [6.45, 7) is 5.21. The molecule has 124 valence electrons. The van der Waals surface area contributed by atoms with Crippen LogP contribution in [0.2, 0.25) is 0 Å². The molecule has 6 atom stereocenters. The highest BCUT2D eigenvalue weighted by Crippen LogP contribution is 2.27. The van der Waals surface area contributed by atoms with Gasteiger partial charge in [-0.2, -0.15) is 5.23 Å². The number of aliphatic hydroxyl groups is 3. The van der Waals surface area contributed by atoms with E-state index in [4.69, 9.17) is 4.74 Å². The van der Waals surface area contributed by atoms with Crippen molar-refractivity contribution in [2.24, 2.45) is 0 Å². The zero-order valence-electron chi connectivity index (χ0n) is 12.6. The SMILES string of the molecule is Cc1cc(NC2OC(C)C(O)C(O)C2O)c([NH+]([O-])O)cc1C. The van der Waals surface area contributed by atoms with E-state index in [1.807, 2.05) is 6.92 Å². The molecule has 1 fully saturated rings. The number of nitrogens with one attached hydrogen (secondary N) is 2. The van der Waals surface area contributed by atoms with E-state index in [0.717, 1.165) is 11.1 Å². The molecule has 8 nitrogen and oxygen atoms in total. The molecule has 6 N–H and O–H groups in total. The minimum Gasteiger partial charge on any atom is -0.595 e. The molecule has 1 aromatic rings. The number of hydrogen-bond acceptors (Lipinski definition) is 7. The third-order valence-electron chi connectivity index (χ3n) is 4.01. The Labute approximate surface area is 128 Å². The molecule has 0 radical (unpaired) electrons. The highest BCUT2D eigenvalue weighted by atomic mass is 16.8. The van der Waals surface area contributed by atoms with Gasteiger partial charge in [0, 0.05) is 6.07 Å². The normalized spacial score (nSPS) is 33.5. The Balaban J connectivity index is 2.28. The van der Waals surface area contributed by atoms with Crippen LogP contribution in [0.1, 0.15) is 18.1 Å². The number of quaternary nitrogens is 1. The van der Waals surface area contributed by atoms with Crippen molar-refractivity contribution in [3.05, 3.63) is 28.5 Å². The average Bonchev–Trinajstić information content (AvgIpc) is 2.45. The van der Waals surface area contributed by atoms with E-state index in [2.05, 4.69) is 5.32 Å². The molecule has 8 heteroatoms. The first-order valence-electron chi connectivity index (χ1n) is 7.03. The van der Waals surface area contributed by atoms with Gasteiger partial charge in [-0.25, -0.2) is 5.21 Å². The highest BCUT2D eigenvalue weighted by Gasteiger charge is 2.42. The first-order valence-corrected chi connectivity index (χ1v) is 7.03. The Morgan fingerprint density at radius 2 is 1.68 bits per heavy atom. The van der Waals surface area contributed by atoms with Gasteiger partial charge in [0.25, 0.3) is 0 Å². The molecule has 1 heterocycles. The summed E-state index contributed by atoms with van der Waals surface area (Å²) < 4.78 is 5.43. The number of aryl methyl sites for hydroxylation is 2. The Kier molecular flexibility index (Phi) is 5.03. The van der Waals surface area contributed by atoms with Gasteiger partial charge in [-0.05, 0) is 38.0 Å². The Morgan fingerprint density at radius 1 is 1.09 bits per heavy atom. The third kappa shape index (κ3) is 3.23. The van der Waals surface area contributed by atoms with Crippen molar-refractivity contribution in [1.82, 2.24) is 0 Å². The van der Waals surface area contributed by atoms with Gasteiger partial charge in [-0.1, -0.05) is 0 Å². The van der Waals surface area contributed by atoms with Gasteiger partial charge < -0.3 is 30.6 Å². The van der Waals surface area contributed by atoms with Gasteiger partial charge >= 0.3 is 0 Å². The largest absolute Gasteiger partial charge is 0.595 e. The Hall–Kier alpha value is -1.26. The molecule has 1 aromatic carbocycles. The topological polar surface area (TPSA) is 130 Å². The van der Waals surface area contributed by atoms with Crippen molar-refractivity contribution in [2.45, 2.75) is 51.4 Å². The molecule has 1 saturated heterocycles. The minimum atomic E-state index is -1.38. The predicted molar refractivity (Wildman–Crippen MR) is 77.7 cm³/mol. The van der Waals surface area contributed by atoms with Crippen LogP contribution in [0.4, 0.5) is 11.4 Å².